The Labute approximate surface area is 220 Å². The second-order valence-corrected chi connectivity index (χ2v) is 12.0. The predicted octanol–water partition coefficient (Wildman–Crippen LogP) is 4.18. The molecule has 2 aliphatic heterocycles. The summed E-state index contributed by atoms with van der Waals surface area (Å²) in [4.78, 5) is 29.2. The van der Waals surface area contributed by atoms with Crippen molar-refractivity contribution < 1.29 is 18.0 Å². The monoisotopic (exact) mass is 526 g/mol. The number of amides is 2. The fourth-order valence-corrected chi connectivity index (χ4v) is 7.08. The number of piperidine rings is 1. The number of hydrogen-bond donors (Lipinski definition) is 1. The van der Waals surface area contributed by atoms with Crippen molar-refractivity contribution in [1.29, 1.82) is 0 Å². The number of hydrogen-bond acceptors (Lipinski definition) is 5. The normalized spacial score (nSPS) is 18.5. The van der Waals surface area contributed by atoms with E-state index in [1.54, 1.807) is 23.1 Å². The second-order valence-electron chi connectivity index (χ2n) is 10.1. The Morgan fingerprint density at radius 2 is 1.73 bits per heavy atom. The first-order valence-corrected chi connectivity index (χ1v) is 14.6. The quantitative estimate of drug-likeness (QED) is 0.585. The number of anilines is 3. The molecule has 0 radical (unpaired) electrons. The molecule has 9 heteroatoms. The number of carbonyl (C=O) groups is 2. The Hall–Kier alpha value is -2.91. The minimum Gasteiger partial charge on any atom is -0.372 e. The van der Waals surface area contributed by atoms with Gasteiger partial charge in [-0.15, -0.1) is 0 Å². The predicted molar refractivity (Wildman–Crippen MR) is 148 cm³/mol. The van der Waals surface area contributed by atoms with E-state index in [2.05, 4.69) is 30.1 Å². The number of carbonyl (C=O) groups excluding carboxylic acids is 2. The number of nitrogens with one attached hydrogen (secondary N) is 1. The highest BCUT2D eigenvalue weighted by molar-refractivity contribution is 7.89. The van der Waals surface area contributed by atoms with E-state index < -0.39 is 10.0 Å². The molecule has 2 heterocycles. The number of aryl methyl sites for hydroxylation is 1. The van der Waals surface area contributed by atoms with Crippen molar-refractivity contribution in [3.05, 3.63) is 47.5 Å². The van der Waals surface area contributed by atoms with Gasteiger partial charge in [-0.05, 0) is 94.5 Å². The highest BCUT2D eigenvalue weighted by Gasteiger charge is 2.34. The molecule has 2 aromatic rings. The lowest BCUT2D eigenvalue weighted by molar-refractivity contribution is -0.121. The summed E-state index contributed by atoms with van der Waals surface area (Å²) >= 11 is 0. The van der Waals surface area contributed by atoms with Crippen LogP contribution < -0.4 is 15.1 Å². The van der Waals surface area contributed by atoms with Crippen molar-refractivity contribution in [1.82, 2.24) is 4.31 Å². The van der Waals surface area contributed by atoms with Crippen LogP contribution in [0.15, 0.2) is 41.3 Å². The van der Waals surface area contributed by atoms with Gasteiger partial charge in [-0.3, -0.25) is 9.59 Å². The highest BCUT2D eigenvalue weighted by Crippen LogP contribution is 2.35. The standard InChI is InChI=1S/C28H38N4O4S/c1-6-30(7-2)24-8-10-26(19(3)16-24)29-28(34)22-12-14-31(15-13-22)37(35,36)25-9-11-27-23(18-25)17-20(4)32(27)21(5)33/h8-11,16,18,20,22H,6-7,12-15,17H2,1-5H3,(H,29,34). The summed E-state index contributed by atoms with van der Waals surface area (Å²) in [5.41, 5.74) is 4.60. The zero-order valence-corrected chi connectivity index (χ0v) is 23.3. The SMILES string of the molecule is CCN(CC)c1ccc(NC(=O)C2CCN(S(=O)(=O)c3ccc4c(c3)CC(C)N4C(C)=O)CC2)c(C)c1. The van der Waals surface area contributed by atoms with Crippen LogP contribution in [0.4, 0.5) is 17.1 Å². The van der Waals surface area contributed by atoms with Gasteiger partial charge >= 0.3 is 0 Å². The van der Waals surface area contributed by atoms with Crippen LogP contribution in [0.1, 0.15) is 51.7 Å². The number of rotatable bonds is 7. The number of benzene rings is 2. The number of nitrogens with zero attached hydrogens (tertiary/aromatic N) is 3. The van der Waals surface area contributed by atoms with Gasteiger partial charge in [0.1, 0.15) is 0 Å². The average Bonchev–Trinajstić information content (AvgIpc) is 3.21. The molecule has 2 aromatic carbocycles. The fraction of sp³-hybridized carbons (Fsp3) is 0.500. The molecule has 8 nitrogen and oxygen atoms in total. The van der Waals surface area contributed by atoms with E-state index in [4.69, 9.17) is 0 Å². The lowest BCUT2D eigenvalue weighted by Gasteiger charge is -2.31. The molecule has 0 bridgehead atoms. The van der Waals surface area contributed by atoms with Crippen molar-refractivity contribution in [2.75, 3.05) is 41.3 Å². The Morgan fingerprint density at radius 1 is 1.05 bits per heavy atom. The van der Waals surface area contributed by atoms with E-state index in [1.807, 2.05) is 26.0 Å². The summed E-state index contributed by atoms with van der Waals surface area (Å²) in [7, 11) is -3.68. The maximum atomic E-state index is 13.4. The molecular formula is C28H38N4O4S. The topological polar surface area (TPSA) is 90.0 Å². The van der Waals surface area contributed by atoms with Crippen LogP contribution in [-0.4, -0.2) is 56.8 Å². The van der Waals surface area contributed by atoms with Crippen molar-refractivity contribution in [2.24, 2.45) is 5.92 Å². The molecule has 4 rings (SSSR count). The van der Waals surface area contributed by atoms with Gasteiger partial charge in [0.15, 0.2) is 0 Å². The fourth-order valence-electron chi connectivity index (χ4n) is 5.56. The van der Waals surface area contributed by atoms with Crippen LogP contribution in [0.2, 0.25) is 0 Å². The maximum Gasteiger partial charge on any atom is 0.243 e. The molecule has 0 saturated carbocycles. The molecule has 1 N–H and O–H groups in total. The van der Waals surface area contributed by atoms with Gasteiger partial charge < -0.3 is 15.1 Å². The zero-order valence-electron chi connectivity index (χ0n) is 22.5. The van der Waals surface area contributed by atoms with Crippen LogP contribution in [0, 0.1) is 12.8 Å². The third kappa shape index (κ3) is 5.38. The number of fused-ring (bicyclic) bond motifs is 1. The van der Waals surface area contributed by atoms with Gasteiger partial charge in [-0.2, -0.15) is 4.31 Å². The lowest BCUT2D eigenvalue weighted by Crippen LogP contribution is -2.41. The molecular weight excluding hydrogens is 488 g/mol. The Morgan fingerprint density at radius 3 is 2.32 bits per heavy atom. The molecule has 37 heavy (non-hydrogen) atoms. The second kappa shape index (κ2) is 10.8. The zero-order chi connectivity index (χ0) is 26.9. The van der Waals surface area contributed by atoms with E-state index in [9.17, 15) is 18.0 Å². The maximum absolute atomic E-state index is 13.4. The summed E-state index contributed by atoms with van der Waals surface area (Å²) < 4.78 is 28.2. The molecule has 1 saturated heterocycles. The van der Waals surface area contributed by atoms with Gasteiger partial charge in [0.05, 0.1) is 4.90 Å². The molecule has 0 spiro atoms. The van der Waals surface area contributed by atoms with Crippen LogP contribution in [0.3, 0.4) is 0 Å². The van der Waals surface area contributed by atoms with Gasteiger partial charge in [0.2, 0.25) is 21.8 Å². The molecule has 2 aliphatic rings. The smallest absolute Gasteiger partial charge is 0.243 e. The first-order valence-electron chi connectivity index (χ1n) is 13.2. The summed E-state index contributed by atoms with van der Waals surface area (Å²) in [5, 5.41) is 3.06. The molecule has 1 fully saturated rings. The van der Waals surface area contributed by atoms with Crippen LogP contribution in [0.25, 0.3) is 0 Å². The van der Waals surface area contributed by atoms with E-state index in [-0.39, 0.29) is 28.7 Å². The van der Waals surface area contributed by atoms with Crippen molar-refractivity contribution in [3.8, 4) is 0 Å². The third-order valence-corrected chi connectivity index (χ3v) is 9.56. The number of sulfonamides is 1. The van der Waals surface area contributed by atoms with Crippen molar-refractivity contribution in [3.63, 3.8) is 0 Å². The molecule has 2 amide bonds. The van der Waals surface area contributed by atoms with E-state index in [0.29, 0.717) is 32.4 Å². The highest BCUT2D eigenvalue weighted by atomic mass is 32.2. The largest absolute Gasteiger partial charge is 0.372 e. The minimum atomic E-state index is -3.68. The third-order valence-electron chi connectivity index (χ3n) is 7.66. The molecule has 0 aromatic heterocycles. The average molecular weight is 527 g/mol. The van der Waals surface area contributed by atoms with Crippen LogP contribution >= 0.6 is 0 Å². The van der Waals surface area contributed by atoms with Crippen molar-refractivity contribution in [2.45, 2.75) is 64.8 Å². The van der Waals surface area contributed by atoms with Gasteiger partial charge in [-0.1, -0.05) is 0 Å². The van der Waals surface area contributed by atoms with Gasteiger partial charge in [-0.25, -0.2) is 8.42 Å². The Bertz CT molecular complexity index is 1280. The summed E-state index contributed by atoms with van der Waals surface area (Å²) in [5.74, 6) is -0.345. The van der Waals surface area contributed by atoms with Crippen molar-refractivity contribution >= 4 is 38.9 Å². The molecule has 0 aliphatic carbocycles. The first kappa shape index (κ1) is 27.1. The summed E-state index contributed by atoms with van der Waals surface area (Å²) in [6.07, 6.45) is 1.58. The van der Waals surface area contributed by atoms with Crippen LogP contribution in [0.5, 0.6) is 0 Å². The molecule has 200 valence electrons. The Kier molecular flexibility index (Phi) is 7.94. The summed E-state index contributed by atoms with van der Waals surface area (Å²) in [6, 6.07) is 11.1. The Balaban J connectivity index is 1.39. The van der Waals surface area contributed by atoms with E-state index in [1.165, 1.54) is 11.2 Å². The molecule has 1 atom stereocenters. The van der Waals surface area contributed by atoms with Gasteiger partial charge in [0, 0.05) is 62.1 Å². The van der Waals surface area contributed by atoms with Gasteiger partial charge in [0.25, 0.3) is 0 Å². The minimum absolute atomic E-state index is 0.0109. The van der Waals surface area contributed by atoms with E-state index >= 15 is 0 Å². The first-order chi connectivity index (χ1) is 17.6. The van der Waals surface area contributed by atoms with E-state index in [0.717, 1.165) is 41.3 Å². The summed E-state index contributed by atoms with van der Waals surface area (Å²) in [6.45, 7) is 12.2. The van der Waals surface area contributed by atoms with Crippen LogP contribution in [-0.2, 0) is 26.0 Å². The molecule has 1 unspecified atom stereocenters. The lowest BCUT2D eigenvalue weighted by atomic mass is 9.97.